The lowest BCUT2D eigenvalue weighted by atomic mass is 9.87. The van der Waals surface area contributed by atoms with E-state index in [0.717, 1.165) is 28.4 Å². The van der Waals surface area contributed by atoms with E-state index in [0.29, 0.717) is 11.4 Å². The van der Waals surface area contributed by atoms with Gasteiger partial charge >= 0.3 is 0 Å². The Labute approximate surface area is 149 Å². The van der Waals surface area contributed by atoms with Crippen LogP contribution in [0.4, 0.5) is 14.6 Å². The topological polar surface area (TPSA) is 46.9 Å². The van der Waals surface area contributed by atoms with Crippen molar-refractivity contribution >= 4 is 11.7 Å². The summed E-state index contributed by atoms with van der Waals surface area (Å²) in [7, 11) is 0. The number of halogens is 2. The third-order valence-electron chi connectivity index (χ3n) is 4.91. The zero-order chi connectivity index (χ0) is 18.4. The second-order valence-corrected chi connectivity index (χ2v) is 6.59. The van der Waals surface area contributed by atoms with E-state index in [4.69, 9.17) is 0 Å². The lowest BCUT2D eigenvalue weighted by Gasteiger charge is -2.24. The number of amides is 1. The molecule has 0 aliphatic carbocycles. The first-order valence-electron chi connectivity index (χ1n) is 8.34. The summed E-state index contributed by atoms with van der Waals surface area (Å²) in [6, 6.07) is 9.22. The van der Waals surface area contributed by atoms with Gasteiger partial charge in [-0.05, 0) is 48.7 Å². The molecular weight excluding hydrogens is 336 g/mol. The van der Waals surface area contributed by atoms with Crippen LogP contribution < -0.4 is 5.32 Å². The Morgan fingerprint density at radius 1 is 1.15 bits per heavy atom. The van der Waals surface area contributed by atoms with Gasteiger partial charge in [0, 0.05) is 24.0 Å². The van der Waals surface area contributed by atoms with Crippen LogP contribution in [0.3, 0.4) is 0 Å². The average Bonchev–Trinajstić information content (AvgIpc) is 2.99. The first-order chi connectivity index (χ1) is 12.4. The molecule has 26 heavy (non-hydrogen) atoms. The molecule has 0 saturated heterocycles. The molecule has 1 N–H and O–H groups in total. The summed E-state index contributed by atoms with van der Waals surface area (Å²) in [5, 5.41) is 7.30. The smallest absolute Gasteiger partial charge is 0.226 e. The van der Waals surface area contributed by atoms with Gasteiger partial charge in [0.1, 0.15) is 17.5 Å². The Balaban J connectivity index is 1.86. The molecule has 0 bridgehead atoms. The molecule has 1 aliphatic rings. The second kappa shape index (κ2) is 6.05. The van der Waals surface area contributed by atoms with E-state index in [1.165, 1.54) is 12.1 Å². The van der Waals surface area contributed by atoms with E-state index < -0.39 is 17.6 Å². The highest BCUT2D eigenvalue weighted by Gasteiger charge is 2.31. The Hall–Kier alpha value is -3.02. The van der Waals surface area contributed by atoms with Crippen LogP contribution in [-0.4, -0.2) is 15.7 Å². The van der Waals surface area contributed by atoms with E-state index in [-0.39, 0.29) is 12.3 Å². The third kappa shape index (κ3) is 2.67. The summed E-state index contributed by atoms with van der Waals surface area (Å²) >= 11 is 0. The van der Waals surface area contributed by atoms with E-state index in [1.807, 2.05) is 32.0 Å². The number of carbonyl (C=O) groups is 1. The van der Waals surface area contributed by atoms with Gasteiger partial charge in [0.05, 0.1) is 11.9 Å². The van der Waals surface area contributed by atoms with Gasteiger partial charge in [0.15, 0.2) is 0 Å². The molecule has 1 amide bonds. The Morgan fingerprint density at radius 3 is 2.62 bits per heavy atom. The maximum atomic E-state index is 13.7. The van der Waals surface area contributed by atoms with Gasteiger partial charge in [-0.1, -0.05) is 12.1 Å². The van der Waals surface area contributed by atoms with Crippen molar-refractivity contribution < 1.29 is 13.6 Å². The van der Waals surface area contributed by atoms with Crippen LogP contribution in [0.5, 0.6) is 0 Å². The van der Waals surface area contributed by atoms with E-state index in [2.05, 4.69) is 10.4 Å². The van der Waals surface area contributed by atoms with Crippen molar-refractivity contribution in [2.24, 2.45) is 0 Å². The Bertz CT molecular complexity index is 1010. The molecule has 4 nitrogen and oxygen atoms in total. The van der Waals surface area contributed by atoms with Crippen molar-refractivity contribution in [2.75, 3.05) is 5.32 Å². The fourth-order valence-corrected chi connectivity index (χ4v) is 3.44. The third-order valence-corrected chi connectivity index (χ3v) is 4.91. The number of fused-ring (bicyclic) bond motifs is 1. The standard InChI is InChI=1S/C20H17F2N3O/c1-11-4-3-5-18(12(11)2)25-20-17(10-23-25)16(9-19(26)24-20)13-6-14(21)8-15(22)7-13/h3-8,10,16H,9H2,1-2H3,(H,24,26). The molecular formula is C20H17F2N3O. The molecule has 1 aromatic heterocycles. The van der Waals surface area contributed by atoms with Crippen LogP contribution in [-0.2, 0) is 4.79 Å². The number of hydrogen-bond acceptors (Lipinski definition) is 2. The maximum Gasteiger partial charge on any atom is 0.226 e. The van der Waals surface area contributed by atoms with E-state index in [9.17, 15) is 13.6 Å². The van der Waals surface area contributed by atoms with Crippen molar-refractivity contribution in [2.45, 2.75) is 26.2 Å². The largest absolute Gasteiger partial charge is 0.310 e. The lowest BCUT2D eigenvalue weighted by Crippen LogP contribution is -2.25. The Morgan fingerprint density at radius 2 is 1.88 bits per heavy atom. The summed E-state index contributed by atoms with van der Waals surface area (Å²) in [5.41, 5.74) is 4.19. The summed E-state index contributed by atoms with van der Waals surface area (Å²) in [6.45, 7) is 3.99. The minimum absolute atomic E-state index is 0.119. The molecule has 0 radical (unpaired) electrons. The molecule has 2 heterocycles. The van der Waals surface area contributed by atoms with Crippen LogP contribution in [0.1, 0.15) is 34.6 Å². The molecule has 6 heteroatoms. The fourth-order valence-electron chi connectivity index (χ4n) is 3.44. The monoisotopic (exact) mass is 353 g/mol. The van der Waals surface area contributed by atoms with Gasteiger partial charge in [0.2, 0.25) is 5.91 Å². The number of benzene rings is 2. The molecule has 0 spiro atoms. The SMILES string of the molecule is Cc1cccc(-n2ncc3c2NC(=O)CC3c2cc(F)cc(F)c2)c1C. The summed E-state index contributed by atoms with van der Waals surface area (Å²) in [4.78, 5) is 12.3. The number of nitrogens with zero attached hydrogens (tertiary/aromatic N) is 2. The van der Waals surface area contributed by atoms with E-state index >= 15 is 0 Å². The van der Waals surface area contributed by atoms with Crippen molar-refractivity contribution in [3.8, 4) is 5.69 Å². The van der Waals surface area contributed by atoms with Gasteiger partial charge in [0.25, 0.3) is 0 Å². The fraction of sp³-hybridized carbons (Fsp3) is 0.200. The zero-order valence-corrected chi connectivity index (χ0v) is 14.4. The van der Waals surface area contributed by atoms with Gasteiger partial charge < -0.3 is 5.32 Å². The van der Waals surface area contributed by atoms with Crippen molar-refractivity contribution in [1.29, 1.82) is 0 Å². The summed E-state index contributed by atoms with van der Waals surface area (Å²) in [6.07, 6.45) is 1.78. The number of anilines is 1. The normalized spacial score (nSPS) is 16.3. The molecule has 2 aromatic carbocycles. The highest BCUT2D eigenvalue weighted by Crippen LogP contribution is 2.38. The summed E-state index contributed by atoms with van der Waals surface area (Å²) in [5.74, 6) is -1.42. The molecule has 3 aromatic rings. The van der Waals surface area contributed by atoms with Crippen LogP contribution in [0.2, 0.25) is 0 Å². The predicted octanol–water partition coefficient (Wildman–Crippen LogP) is 4.24. The van der Waals surface area contributed by atoms with Gasteiger partial charge in [-0.2, -0.15) is 5.10 Å². The zero-order valence-electron chi connectivity index (χ0n) is 14.4. The minimum Gasteiger partial charge on any atom is -0.310 e. The van der Waals surface area contributed by atoms with Crippen LogP contribution in [0.15, 0.2) is 42.6 Å². The first kappa shape index (κ1) is 16.4. The van der Waals surface area contributed by atoms with Gasteiger partial charge in [-0.25, -0.2) is 13.5 Å². The number of carbonyl (C=O) groups excluding carboxylic acids is 1. The number of aromatic nitrogens is 2. The lowest BCUT2D eigenvalue weighted by molar-refractivity contribution is -0.116. The van der Waals surface area contributed by atoms with Gasteiger partial charge in [-0.15, -0.1) is 0 Å². The highest BCUT2D eigenvalue weighted by atomic mass is 19.1. The van der Waals surface area contributed by atoms with Crippen LogP contribution in [0, 0.1) is 25.5 Å². The Kier molecular flexibility index (Phi) is 3.83. The van der Waals surface area contributed by atoms with Crippen LogP contribution >= 0.6 is 0 Å². The minimum atomic E-state index is -0.658. The van der Waals surface area contributed by atoms with Crippen molar-refractivity contribution in [1.82, 2.24) is 9.78 Å². The van der Waals surface area contributed by atoms with Crippen molar-refractivity contribution in [3.05, 3.63) is 76.5 Å². The molecule has 4 rings (SSSR count). The molecule has 0 saturated carbocycles. The number of aryl methyl sites for hydroxylation is 1. The molecule has 1 aliphatic heterocycles. The van der Waals surface area contributed by atoms with Crippen LogP contribution in [0.25, 0.3) is 5.69 Å². The second-order valence-electron chi connectivity index (χ2n) is 6.59. The number of hydrogen-bond donors (Lipinski definition) is 1. The molecule has 0 fully saturated rings. The maximum absolute atomic E-state index is 13.7. The quantitative estimate of drug-likeness (QED) is 0.749. The van der Waals surface area contributed by atoms with Gasteiger partial charge in [-0.3, -0.25) is 4.79 Å². The first-order valence-corrected chi connectivity index (χ1v) is 8.34. The van der Waals surface area contributed by atoms with Crippen molar-refractivity contribution in [3.63, 3.8) is 0 Å². The number of rotatable bonds is 2. The molecule has 1 unspecified atom stereocenters. The number of nitrogens with one attached hydrogen (secondary N) is 1. The predicted molar refractivity (Wildman–Crippen MR) is 94.5 cm³/mol. The summed E-state index contributed by atoms with van der Waals surface area (Å²) < 4.78 is 29.0. The molecule has 132 valence electrons. The molecule has 1 atom stereocenters. The highest BCUT2D eigenvalue weighted by molar-refractivity contribution is 5.94. The average molecular weight is 353 g/mol. The van der Waals surface area contributed by atoms with E-state index in [1.54, 1.807) is 10.9 Å².